The van der Waals surface area contributed by atoms with Crippen molar-refractivity contribution >= 4 is 0 Å². The first kappa shape index (κ1) is 14.7. The fraction of sp³-hybridized carbons (Fsp3) is 1.00. The molecule has 3 heterocycles. The van der Waals surface area contributed by atoms with Gasteiger partial charge in [-0.15, -0.1) is 0 Å². The van der Waals surface area contributed by atoms with E-state index < -0.39 is 5.67 Å². The molecule has 4 unspecified atom stereocenters. The number of nitrogens with one attached hydrogen (secondary N) is 1. The summed E-state index contributed by atoms with van der Waals surface area (Å²) in [6.45, 7) is 4.96. The third kappa shape index (κ3) is 3.18. The van der Waals surface area contributed by atoms with Crippen LogP contribution in [0, 0.1) is 5.92 Å². The fourth-order valence-corrected chi connectivity index (χ4v) is 4.15. The second-order valence-electron chi connectivity index (χ2n) is 7.15. The molecular weight excluding hydrogens is 257 g/mol. The number of rotatable bonds is 3. The molecule has 0 bridgehead atoms. The Kier molecular flexibility index (Phi) is 4.34. The van der Waals surface area contributed by atoms with E-state index >= 15 is 4.39 Å². The smallest absolute Gasteiger partial charge is 0.112 e. The molecule has 0 aromatic rings. The summed E-state index contributed by atoms with van der Waals surface area (Å²) in [4.78, 5) is 0. The summed E-state index contributed by atoms with van der Waals surface area (Å²) in [5.41, 5.74) is -1.27. The standard InChI is InChI=1S/C16H28FNO2/c1-15(17,11-14-4-2-3-7-18-14)13-5-8-20-16(10-13)6-9-19-12-16/h13-14,18H,2-12H2,1H3. The summed E-state index contributed by atoms with van der Waals surface area (Å²) in [5.74, 6) is 0.113. The Morgan fingerprint density at radius 3 is 2.90 bits per heavy atom. The highest BCUT2D eigenvalue weighted by molar-refractivity contribution is 4.97. The molecule has 3 aliphatic rings. The highest BCUT2D eigenvalue weighted by atomic mass is 19.1. The van der Waals surface area contributed by atoms with Crippen LogP contribution in [0.1, 0.15) is 51.9 Å². The quantitative estimate of drug-likeness (QED) is 0.865. The van der Waals surface area contributed by atoms with Gasteiger partial charge in [0.2, 0.25) is 0 Å². The number of alkyl halides is 1. The third-order valence-electron chi connectivity index (χ3n) is 5.47. The van der Waals surface area contributed by atoms with E-state index in [-0.39, 0.29) is 11.5 Å². The molecule has 0 aromatic carbocycles. The highest BCUT2D eigenvalue weighted by Crippen LogP contribution is 2.43. The first-order chi connectivity index (χ1) is 9.60. The van der Waals surface area contributed by atoms with E-state index in [1.807, 2.05) is 6.92 Å². The van der Waals surface area contributed by atoms with Crippen molar-refractivity contribution in [3.63, 3.8) is 0 Å². The van der Waals surface area contributed by atoms with Crippen molar-refractivity contribution < 1.29 is 13.9 Å². The van der Waals surface area contributed by atoms with Gasteiger partial charge in [-0.1, -0.05) is 6.42 Å². The fourth-order valence-electron chi connectivity index (χ4n) is 4.15. The van der Waals surface area contributed by atoms with Crippen LogP contribution in [0.15, 0.2) is 0 Å². The van der Waals surface area contributed by atoms with Crippen molar-refractivity contribution in [2.24, 2.45) is 5.92 Å². The maximum Gasteiger partial charge on any atom is 0.112 e. The van der Waals surface area contributed by atoms with E-state index in [0.29, 0.717) is 25.7 Å². The number of piperidine rings is 1. The van der Waals surface area contributed by atoms with Crippen LogP contribution in [0.3, 0.4) is 0 Å². The number of ether oxygens (including phenoxy) is 2. The molecule has 4 atom stereocenters. The van der Waals surface area contributed by atoms with Gasteiger partial charge in [-0.25, -0.2) is 4.39 Å². The van der Waals surface area contributed by atoms with Crippen LogP contribution in [0.5, 0.6) is 0 Å². The lowest BCUT2D eigenvalue weighted by atomic mass is 9.74. The molecule has 3 nitrogen and oxygen atoms in total. The lowest BCUT2D eigenvalue weighted by molar-refractivity contribution is -0.124. The van der Waals surface area contributed by atoms with Crippen molar-refractivity contribution in [1.29, 1.82) is 0 Å². The van der Waals surface area contributed by atoms with Gasteiger partial charge in [-0.05, 0) is 51.5 Å². The van der Waals surface area contributed by atoms with E-state index in [1.54, 1.807) is 0 Å². The molecule has 3 fully saturated rings. The maximum atomic E-state index is 15.3. The molecule has 0 radical (unpaired) electrons. The van der Waals surface area contributed by atoms with Gasteiger partial charge in [0.25, 0.3) is 0 Å². The van der Waals surface area contributed by atoms with Gasteiger partial charge in [-0.2, -0.15) is 0 Å². The molecule has 3 rings (SSSR count). The van der Waals surface area contributed by atoms with Gasteiger partial charge < -0.3 is 14.8 Å². The molecule has 4 heteroatoms. The zero-order valence-electron chi connectivity index (χ0n) is 12.6. The highest BCUT2D eigenvalue weighted by Gasteiger charge is 2.47. The lowest BCUT2D eigenvalue weighted by Crippen LogP contribution is -2.48. The summed E-state index contributed by atoms with van der Waals surface area (Å²) >= 11 is 0. The van der Waals surface area contributed by atoms with Gasteiger partial charge in [0.1, 0.15) is 5.67 Å². The second-order valence-corrected chi connectivity index (χ2v) is 7.15. The summed E-state index contributed by atoms with van der Waals surface area (Å²) < 4.78 is 26.7. The minimum Gasteiger partial charge on any atom is -0.378 e. The lowest BCUT2D eigenvalue weighted by Gasteiger charge is -2.43. The van der Waals surface area contributed by atoms with Crippen LogP contribution < -0.4 is 5.32 Å². The van der Waals surface area contributed by atoms with Crippen molar-refractivity contribution in [3.8, 4) is 0 Å². The largest absolute Gasteiger partial charge is 0.378 e. The Hall–Kier alpha value is -0.190. The Balaban J connectivity index is 1.60. The SMILES string of the molecule is CC(F)(CC1CCCCN1)C1CCOC2(CCOC2)C1. The van der Waals surface area contributed by atoms with Crippen LogP contribution in [0.4, 0.5) is 4.39 Å². The van der Waals surface area contributed by atoms with Crippen LogP contribution in [0.25, 0.3) is 0 Å². The van der Waals surface area contributed by atoms with Crippen LogP contribution in [-0.2, 0) is 9.47 Å². The Morgan fingerprint density at radius 1 is 1.30 bits per heavy atom. The predicted molar refractivity (Wildman–Crippen MR) is 76.6 cm³/mol. The molecule has 1 N–H and O–H groups in total. The van der Waals surface area contributed by atoms with Crippen molar-refractivity contribution in [3.05, 3.63) is 0 Å². The Morgan fingerprint density at radius 2 is 2.20 bits per heavy atom. The summed E-state index contributed by atoms with van der Waals surface area (Å²) in [6.07, 6.45) is 6.84. The van der Waals surface area contributed by atoms with Crippen LogP contribution in [-0.4, -0.2) is 43.7 Å². The van der Waals surface area contributed by atoms with E-state index in [9.17, 15) is 0 Å². The average Bonchev–Trinajstić information content (AvgIpc) is 2.87. The van der Waals surface area contributed by atoms with Crippen molar-refractivity contribution in [2.75, 3.05) is 26.4 Å². The minimum atomic E-state index is -1.09. The normalized spacial score (nSPS) is 41.7. The van der Waals surface area contributed by atoms with Gasteiger partial charge in [-0.3, -0.25) is 0 Å². The van der Waals surface area contributed by atoms with Crippen LogP contribution >= 0.6 is 0 Å². The molecule has 3 saturated heterocycles. The molecular formula is C16H28FNO2. The molecule has 1 spiro atoms. The Bertz CT molecular complexity index is 322. The zero-order valence-corrected chi connectivity index (χ0v) is 12.6. The number of hydrogen-bond donors (Lipinski definition) is 1. The van der Waals surface area contributed by atoms with Gasteiger partial charge in [0, 0.05) is 25.7 Å². The van der Waals surface area contributed by atoms with Crippen molar-refractivity contribution in [1.82, 2.24) is 5.32 Å². The molecule has 0 aliphatic carbocycles. The van der Waals surface area contributed by atoms with Crippen molar-refractivity contribution in [2.45, 2.75) is 69.2 Å². The zero-order chi connectivity index (χ0) is 14.1. The van der Waals surface area contributed by atoms with E-state index in [2.05, 4.69) is 5.32 Å². The summed E-state index contributed by atoms with van der Waals surface area (Å²) in [6, 6.07) is 0.359. The van der Waals surface area contributed by atoms with E-state index in [4.69, 9.17) is 9.47 Å². The van der Waals surface area contributed by atoms with Crippen LogP contribution in [0.2, 0.25) is 0 Å². The second kappa shape index (κ2) is 5.90. The monoisotopic (exact) mass is 285 g/mol. The molecule has 3 aliphatic heterocycles. The van der Waals surface area contributed by atoms with Gasteiger partial charge >= 0.3 is 0 Å². The van der Waals surface area contributed by atoms with Gasteiger partial charge in [0.15, 0.2) is 0 Å². The predicted octanol–water partition coefficient (Wildman–Crippen LogP) is 2.83. The molecule has 20 heavy (non-hydrogen) atoms. The topological polar surface area (TPSA) is 30.5 Å². The molecule has 0 aromatic heterocycles. The molecule has 116 valence electrons. The maximum absolute atomic E-state index is 15.3. The first-order valence-electron chi connectivity index (χ1n) is 8.24. The number of hydrogen-bond acceptors (Lipinski definition) is 3. The average molecular weight is 285 g/mol. The van der Waals surface area contributed by atoms with Gasteiger partial charge in [0.05, 0.1) is 12.2 Å². The van der Waals surface area contributed by atoms with E-state index in [1.165, 1.54) is 12.8 Å². The molecule has 0 saturated carbocycles. The Labute approximate surface area is 121 Å². The first-order valence-corrected chi connectivity index (χ1v) is 8.24. The minimum absolute atomic E-state index is 0.113. The number of halogens is 1. The summed E-state index contributed by atoms with van der Waals surface area (Å²) in [7, 11) is 0. The molecule has 0 amide bonds. The summed E-state index contributed by atoms with van der Waals surface area (Å²) in [5, 5.41) is 3.48. The third-order valence-corrected chi connectivity index (χ3v) is 5.47. The van der Waals surface area contributed by atoms with E-state index in [0.717, 1.165) is 38.8 Å².